The normalized spacial score (nSPS) is 11.3. The Balaban J connectivity index is 2.80. The number of anilines is 2. The molecule has 0 aliphatic carbocycles. The van der Waals surface area contributed by atoms with Crippen molar-refractivity contribution in [3.8, 4) is 0 Å². The van der Waals surface area contributed by atoms with Gasteiger partial charge < -0.3 is 16.0 Å². The van der Waals surface area contributed by atoms with Crippen LogP contribution in [0.4, 0.5) is 11.6 Å². The average Bonchev–Trinajstić information content (AvgIpc) is 2.33. The van der Waals surface area contributed by atoms with Crippen LogP contribution < -0.4 is 16.0 Å². The quantitative estimate of drug-likeness (QED) is 0.768. The van der Waals surface area contributed by atoms with Gasteiger partial charge in [0.05, 0.1) is 6.54 Å². The minimum atomic E-state index is -0.235. The molecule has 1 aromatic rings. The lowest BCUT2D eigenvalue weighted by atomic mass is 10.0. The van der Waals surface area contributed by atoms with Crippen molar-refractivity contribution in [3.05, 3.63) is 11.9 Å². The van der Waals surface area contributed by atoms with E-state index in [4.69, 9.17) is 0 Å². The standard InChI is InChI=1S/C14H25N5O/c1-9(2)11-12(15-6)17-8-18-13(11)16-7-10(20)19-14(3,4)5/h8-9H,7H2,1-6H3,(H,19,20)(H2,15,16,17,18). The lowest BCUT2D eigenvalue weighted by Crippen LogP contribution is -2.43. The molecule has 0 saturated carbocycles. The summed E-state index contributed by atoms with van der Waals surface area (Å²) < 4.78 is 0. The third kappa shape index (κ3) is 4.68. The van der Waals surface area contributed by atoms with Gasteiger partial charge in [-0.2, -0.15) is 0 Å². The van der Waals surface area contributed by atoms with Crippen LogP contribution in [0.2, 0.25) is 0 Å². The molecule has 0 bridgehead atoms. The Morgan fingerprint density at radius 3 is 2.35 bits per heavy atom. The number of nitrogens with zero attached hydrogens (tertiary/aromatic N) is 2. The number of hydrogen-bond acceptors (Lipinski definition) is 5. The Morgan fingerprint density at radius 2 is 1.85 bits per heavy atom. The van der Waals surface area contributed by atoms with Gasteiger partial charge in [-0.05, 0) is 26.7 Å². The fourth-order valence-corrected chi connectivity index (χ4v) is 1.91. The van der Waals surface area contributed by atoms with Crippen molar-refractivity contribution >= 4 is 17.5 Å². The van der Waals surface area contributed by atoms with Gasteiger partial charge in [-0.15, -0.1) is 0 Å². The second kappa shape index (κ2) is 6.54. The first-order valence-corrected chi connectivity index (χ1v) is 6.82. The Labute approximate surface area is 120 Å². The van der Waals surface area contributed by atoms with Crippen LogP contribution in [0.25, 0.3) is 0 Å². The highest BCUT2D eigenvalue weighted by molar-refractivity contribution is 5.81. The molecule has 0 aliphatic heterocycles. The van der Waals surface area contributed by atoms with Crippen LogP contribution in [0.3, 0.4) is 0 Å². The smallest absolute Gasteiger partial charge is 0.239 e. The van der Waals surface area contributed by atoms with E-state index in [0.29, 0.717) is 5.82 Å². The molecule has 0 aromatic carbocycles. The molecular formula is C14H25N5O. The molecule has 0 radical (unpaired) electrons. The van der Waals surface area contributed by atoms with Crippen molar-refractivity contribution in [1.29, 1.82) is 0 Å². The van der Waals surface area contributed by atoms with Crippen LogP contribution in [-0.2, 0) is 4.79 Å². The van der Waals surface area contributed by atoms with Crippen LogP contribution in [0.5, 0.6) is 0 Å². The molecule has 6 heteroatoms. The van der Waals surface area contributed by atoms with Crippen molar-refractivity contribution in [2.75, 3.05) is 24.2 Å². The van der Waals surface area contributed by atoms with Gasteiger partial charge in [0.1, 0.15) is 18.0 Å². The largest absolute Gasteiger partial charge is 0.373 e. The van der Waals surface area contributed by atoms with Gasteiger partial charge in [-0.25, -0.2) is 9.97 Å². The summed E-state index contributed by atoms with van der Waals surface area (Å²) in [4.78, 5) is 20.3. The molecule has 112 valence electrons. The Kier molecular flexibility index (Phi) is 5.30. The van der Waals surface area contributed by atoms with Gasteiger partial charge in [0.15, 0.2) is 0 Å². The zero-order chi connectivity index (χ0) is 15.3. The SMILES string of the molecule is CNc1ncnc(NCC(=O)NC(C)(C)C)c1C(C)C. The molecule has 0 fully saturated rings. The average molecular weight is 279 g/mol. The van der Waals surface area contributed by atoms with E-state index in [-0.39, 0.29) is 23.9 Å². The number of hydrogen-bond donors (Lipinski definition) is 3. The highest BCUT2D eigenvalue weighted by Crippen LogP contribution is 2.27. The second-order valence-corrected chi connectivity index (χ2v) is 6.04. The number of carbonyl (C=O) groups excluding carboxylic acids is 1. The first kappa shape index (κ1) is 16.2. The Hall–Kier alpha value is -1.85. The molecule has 0 atom stereocenters. The van der Waals surface area contributed by atoms with Gasteiger partial charge in [0.2, 0.25) is 5.91 Å². The summed E-state index contributed by atoms with van der Waals surface area (Å²) >= 11 is 0. The van der Waals surface area contributed by atoms with Crippen molar-refractivity contribution in [2.24, 2.45) is 0 Å². The van der Waals surface area contributed by atoms with Crippen molar-refractivity contribution in [3.63, 3.8) is 0 Å². The lowest BCUT2D eigenvalue weighted by molar-refractivity contribution is -0.120. The molecule has 1 amide bonds. The second-order valence-electron chi connectivity index (χ2n) is 6.04. The molecular weight excluding hydrogens is 254 g/mol. The monoisotopic (exact) mass is 279 g/mol. The maximum absolute atomic E-state index is 11.8. The van der Waals surface area contributed by atoms with E-state index < -0.39 is 0 Å². The van der Waals surface area contributed by atoms with Crippen molar-refractivity contribution < 1.29 is 4.79 Å². The van der Waals surface area contributed by atoms with Crippen molar-refractivity contribution in [1.82, 2.24) is 15.3 Å². The molecule has 0 aliphatic rings. The molecule has 1 heterocycles. The third-order valence-electron chi connectivity index (χ3n) is 2.63. The van der Waals surface area contributed by atoms with Gasteiger partial charge in [0, 0.05) is 18.2 Å². The predicted octanol–water partition coefficient (Wildman–Crippen LogP) is 1.97. The molecule has 0 saturated heterocycles. The Bertz CT molecular complexity index is 465. The zero-order valence-corrected chi connectivity index (χ0v) is 13.2. The van der Waals surface area contributed by atoms with Crippen LogP contribution >= 0.6 is 0 Å². The Morgan fingerprint density at radius 1 is 1.25 bits per heavy atom. The number of rotatable bonds is 5. The summed E-state index contributed by atoms with van der Waals surface area (Å²) in [5.74, 6) is 1.68. The van der Waals surface area contributed by atoms with E-state index in [2.05, 4.69) is 39.8 Å². The summed E-state index contributed by atoms with van der Waals surface area (Å²) in [5, 5.41) is 9.05. The van der Waals surface area contributed by atoms with E-state index in [1.54, 1.807) is 0 Å². The maximum Gasteiger partial charge on any atom is 0.239 e. The highest BCUT2D eigenvalue weighted by Gasteiger charge is 2.16. The summed E-state index contributed by atoms with van der Waals surface area (Å²) in [6.07, 6.45) is 1.49. The zero-order valence-electron chi connectivity index (χ0n) is 13.2. The molecule has 1 rings (SSSR count). The minimum Gasteiger partial charge on any atom is -0.373 e. The van der Waals surface area contributed by atoms with E-state index in [0.717, 1.165) is 11.4 Å². The van der Waals surface area contributed by atoms with Gasteiger partial charge in [-0.3, -0.25) is 4.79 Å². The molecule has 3 N–H and O–H groups in total. The third-order valence-corrected chi connectivity index (χ3v) is 2.63. The molecule has 0 spiro atoms. The van der Waals surface area contributed by atoms with E-state index in [9.17, 15) is 4.79 Å². The lowest BCUT2D eigenvalue weighted by Gasteiger charge is -2.21. The number of nitrogens with one attached hydrogen (secondary N) is 3. The fraction of sp³-hybridized carbons (Fsp3) is 0.643. The molecule has 6 nitrogen and oxygen atoms in total. The minimum absolute atomic E-state index is 0.0585. The molecule has 20 heavy (non-hydrogen) atoms. The number of amides is 1. The van der Waals surface area contributed by atoms with Crippen LogP contribution in [-0.4, -0.2) is 35.0 Å². The first-order chi connectivity index (χ1) is 9.24. The number of aromatic nitrogens is 2. The number of carbonyl (C=O) groups is 1. The first-order valence-electron chi connectivity index (χ1n) is 6.82. The summed E-state index contributed by atoms with van der Waals surface area (Å²) in [7, 11) is 1.82. The van der Waals surface area contributed by atoms with Crippen LogP contribution in [0, 0.1) is 0 Å². The van der Waals surface area contributed by atoms with Gasteiger partial charge in [-0.1, -0.05) is 13.8 Å². The van der Waals surface area contributed by atoms with E-state index in [1.807, 2.05) is 27.8 Å². The van der Waals surface area contributed by atoms with E-state index >= 15 is 0 Å². The van der Waals surface area contributed by atoms with Gasteiger partial charge in [0.25, 0.3) is 0 Å². The van der Waals surface area contributed by atoms with Gasteiger partial charge >= 0.3 is 0 Å². The highest BCUT2D eigenvalue weighted by atomic mass is 16.2. The van der Waals surface area contributed by atoms with Crippen LogP contribution in [0.15, 0.2) is 6.33 Å². The maximum atomic E-state index is 11.8. The fourth-order valence-electron chi connectivity index (χ4n) is 1.91. The predicted molar refractivity (Wildman–Crippen MR) is 82.1 cm³/mol. The summed E-state index contributed by atoms with van der Waals surface area (Å²) in [6.45, 7) is 10.2. The summed E-state index contributed by atoms with van der Waals surface area (Å²) in [6, 6.07) is 0. The summed E-state index contributed by atoms with van der Waals surface area (Å²) in [5.41, 5.74) is 0.750. The van der Waals surface area contributed by atoms with Crippen LogP contribution in [0.1, 0.15) is 46.1 Å². The van der Waals surface area contributed by atoms with Crippen molar-refractivity contribution in [2.45, 2.75) is 46.1 Å². The topological polar surface area (TPSA) is 78.9 Å². The molecule has 1 aromatic heterocycles. The van der Waals surface area contributed by atoms with E-state index in [1.165, 1.54) is 6.33 Å². The molecule has 0 unspecified atom stereocenters.